The maximum atomic E-state index is 11.4. The highest BCUT2D eigenvalue weighted by molar-refractivity contribution is 5.94. The maximum absolute atomic E-state index is 11.4. The fraction of sp³-hybridized carbons (Fsp3) is 0.300. The zero-order valence-corrected chi connectivity index (χ0v) is 8.81. The summed E-state index contributed by atoms with van der Waals surface area (Å²) in [5, 5.41) is 0. The average molecular weight is 205 g/mol. The van der Waals surface area contributed by atoms with Gasteiger partial charge in [0, 0.05) is 6.92 Å². The number of nitrogens with zero attached hydrogens (tertiary/aromatic N) is 3. The molecule has 15 heavy (non-hydrogen) atoms. The number of aromatic nitrogens is 3. The van der Waals surface area contributed by atoms with E-state index in [4.69, 9.17) is 4.74 Å². The minimum atomic E-state index is -0.0201. The van der Waals surface area contributed by atoms with Crippen LogP contribution in [-0.4, -0.2) is 27.3 Å². The summed E-state index contributed by atoms with van der Waals surface area (Å²) in [5.41, 5.74) is 1.93. The summed E-state index contributed by atoms with van der Waals surface area (Å²) < 4.78 is 6.69. The molecule has 5 heteroatoms. The lowest BCUT2D eigenvalue weighted by Crippen LogP contribution is -2.01. The Bertz CT molecular complexity index is 531. The fourth-order valence-corrected chi connectivity index (χ4v) is 1.58. The van der Waals surface area contributed by atoms with Crippen molar-refractivity contribution in [3.05, 3.63) is 23.8 Å². The molecule has 0 atom stereocenters. The van der Waals surface area contributed by atoms with Gasteiger partial charge in [-0.15, -0.1) is 0 Å². The molecule has 5 nitrogen and oxygen atoms in total. The molecule has 0 saturated heterocycles. The van der Waals surface area contributed by atoms with Crippen LogP contribution in [0.5, 0.6) is 5.88 Å². The van der Waals surface area contributed by atoms with E-state index in [1.54, 1.807) is 23.7 Å². The van der Waals surface area contributed by atoms with Gasteiger partial charge in [0.05, 0.1) is 25.2 Å². The van der Waals surface area contributed by atoms with Gasteiger partial charge in [0.1, 0.15) is 5.69 Å². The molecule has 0 spiro atoms. The van der Waals surface area contributed by atoms with Gasteiger partial charge in [-0.25, -0.2) is 9.97 Å². The van der Waals surface area contributed by atoms with E-state index in [9.17, 15) is 4.79 Å². The summed E-state index contributed by atoms with van der Waals surface area (Å²) in [6.07, 6.45) is 3.24. The molecule has 0 aliphatic heterocycles. The summed E-state index contributed by atoms with van der Waals surface area (Å²) in [7, 11) is 1.53. The van der Waals surface area contributed by atoms with Crippen LogP contribution in [0.3, 0.4) is 0 Å². The minimum absolute atomic E-state index is 0.0201. The average Bonchev–Trinajstić information content (AvgIpc) is 2.52. The SMILES string of the molecule is COc1cn2c(C(C)=O)c(C)nc2cn1. The third-order valence-electron chi connectivity index (χ3n) is 2.20. The van der Waals surface area contributed by atoms with E-state index in [1.165, 1.54) is 14.0 Å². The number of rotatable bonds is 2. The Morgan fingerprint density at radius 1 is 1.53 bits per heavy atom. The monoisotopic (exact) mass is 205 g/mol. The highest BCUT2D eigenvalue weighted by Gasteiger charge is 2.13. The van der Waals surface area contributed by atoms with Crippen molar-refractivity contribution in [3.8, 4) is 5.88 Å². The molecule has 0 bridgehead atoms. The normalized spacial score (nSPS) is 10.6. The van der Waals surface area contributed by atoms with Crippen molar-refractivity contribution in [2.24, 2.45) is 0 Å². The summed E-state index contributed by atoms with van der Waals surface area (Å²) in [4.78, 5) is 19.7. The number of Topliss-reactive ketones (excluding diaryl/α,β-unsaturated/α-hetero) is 1. The van der Waals surface area contributed by atoms with Crippen LogP contribution >= 0.6 is 0 Å². The van der Waals surface area contributed by atoms with Crippen molar-refractivity contribution in [1.29, 1.82) is 0 Å². The van der Waals surface area contributed by atoms with Gasteiger partial charge in [0.15, 0.2) is 11.4 Å². The van der Waals surface area contributed by atoms with E-state index in [0.717, 1.165) is 0 Å². The van der Waals surface area contributed by atoms with E-state index in [2.05, 4.69) is 9.97 Å². The largest absolute Gasteiger partial charge is 0.480 e. The van der Waals surface area contributed by atoms with E-state index in [0.29, 0.717) is 22.9 Å². The van der Waals surface area contributed by atoms with Gasteiger partial charge < -0.3 is 4.74 Å². The van der Waals surface area contributed by atoms with E-state index < -0.39 is 0 Å². The van der Waals surface area contributed by atoms with Crippen LogP contribution in [0.25, 0.3) is 5.65 Å². The zero-order chi connectivity index (χ0) is 11.0. The third kappa shape index (κ3) is 1.45. The van der Waals surface area contributed by atoms with Crippen molar-refractivity contribution in [2.75, 3.05) is 7.11 Å². The zero-order valence-electron chi connectivity index (χ0n) is 8.81. The molecule has 0 amide bonds. The number of ketones is 1. The molecule has 2 aromatic rings. The molecule has 0 radical (unpaired) electrons. The van der Waals surface area contributed by atoms with Crippen molar-refractivity contribution in [3.63, 3.8) is 0 Å². The topological polar surface area (TPSA) is 56.5 Å². The van der Waals surface area contributed by atoms with E-state index in [1.807, 2.05) is 0 Å². The molecule has 2 rings (SSSR count). The lowest BCUT2D eigenvalue weighted by atomic mass is 10.2. The van der Waals surface area contributed by atoms with Gasteiger partial charge in [0.2, 0.25) is 5.88 Å². The quantitative estimate of drug-likeness (QED) is 0.692. The Hall–Kier alpha value is -1.91. The van der Waals surface area contributed by atoms with Gasteiger partial charge in [-0.1, -0.05) is 0 Å². The highest BCUT2D eigenvalue weighted by Crippen LogP contribution is 2.15. The van der Waals surface area contributed by atoms with Crippen LogP contribution in [0, 0.1) is 6.92 Å². The number of fused-ring (bicyclic) bond motifs is 1. The molecule has 2 aromatic heterocycles. The fourth-order valence-electron chi connectivity index (χ4n) is 1.58. The molecule has 0 N–H and O–H groups in total. The van der Waals surface area contributed by atoms with Gasteiger partial charge in [-0.05, 0) is 6.92 Å². The van der Waals surface area contributed by atoms with Crippen molar-refractivity contribution in [1.82, 2.24) is 14.4 Å². The van der Waals surface area contributed by atoms with E-state index in [-0.39, 0.29) is 5.78 Å². The van der Waals surface area contributed by atoms with Crippen molar-refractivity contribution >= 4 is 11.4 Å². The predicted molar refractivity (Wildman–Crippen MR) is 54.3 cm³/mol. The molecule has 0 saturated carbocycles. The number of ether oxygens (including phenoxy) is 1. The Kier molecular flexibility index (Phi) is 2.15. The van der Waals surface area contributed by atoms with Crippen LogP contribution < -0.4 is 4.74 Å². The first-order valence-corrected chi connectivity index (χ1v) is 4.53. The van der Waals surface area contributed by atoms with Gasteiger partial charge >= 0.3 is 0 Å². The van der Waals surface area contributed by atoms with Gasteiger partial charge in [-0.2, -0.15) is 0 Å². The Morgan fingerprint density at radius 2 is 2.27 bits per heavy atom. The summed E-state index contributed by atoms with van der Waals surface area (Å²) in [6.45, 7) is 3.32. The van der Waals surface area contributed by atoms with Crippen LogP contribution in [0.15, 0.2) is 12.4 Å². The minimum Gasteiger partial charge on any atom is -0.480 e. The Balaban J connectivity index is 2.77. The highest BCUT2D eigenvalue weighted by atomic mass is 16.5. The maximum Gasteiger partial charge on any atom is 0.230 e. The first kappa shape index (κ1) is 9.64. The molecular weight excluding hydrogens is 194 g/mol. The second kappa shape index (κ2) is 3.34. The third-order valence-corrected chi connectivity index (χ3v) is 2.20. The second-order valence-electron chi connectivity index (χ2n) is 3.26. The lowest BCUT2D eigenvalue weighted by Gasteiger charge is -2.01. The first-order chi connectivity index (χ1) is 7.13. The van der Waals surface area contributed by atoms with Gasteiger partial charge in [-0.3, -0.25) is 9.20 Å². The molecular formula is C10H11N3O2. The number of carbonyl (C=O) groups is 1. The smallest absolute Gasteiger partial charge is 0.230 e. The van der Waals surface area contributed by atoms with Crippen LogP contribution in [0.2, 0.25) is 0 Å². The number of imidazole rings is 1. The molecule has 78 valence electrons. The molecule has 0 fully saturated rings. The van der Waals surface area contributed by atoms with Crippen LogP contribution in [0.1, 0.15) is 23.1 Å². The molecule has 0 aromatic carbocycles. The number of hydrogen-bond acceptors (Lipinski definition) is 4. The number of carbonyl (C=O) groups excluding carboxylic acids is 1. The van der Waals surface area contributed by atoms with Crippen molar-refractivity contribution < 1.29 is 9.53 Å². The predicted octanol–water partition coefficient (Wildman–Crippen LogP) is 1.25. The standard InChI is InChI=1S/C10H11N3O2/c1-6-10(7(2)14)13-5-9(15-3)11-4-8(13)12-6/h4-5H,1-3H3. The van der Waals surface area contributed by atoms with Crippen molar-refractivity contribution in [2.45, 2.75) is 13.8 Å². The number of aryl methyl sites for hydroxylation is 1. The summed E-state index contributed by atoms with van der Waals surface area (Å²) in [5.74, 6) is 0.440. The lowest BCUT2D eigenvalue weighted by molar-refractivity contribution is 0.101. The molecule has 0 aliphatic carbocycles. The molecule has 2 heterocycles. The first-order valence-electron chi connectivity index (χ1n) is 4.53. The van der Waals surface area contributed by atoms with Crippen LogP contribution in [0.4, 0.5) is 0 Å². The van der Waals surface area contributed by atoms with E-state index >= 15 is 0 Å². The summed E-state index contributed by atoms with van der Waals surface area (Å²) in [6, 6.07) is 0. The van der Waals surface area contributed by atoms with Gasteiger partial charge in [0.25, 0.3) is 0 Å². The Morgan fingerprint density at radius 3 is 2.87 bits per heavy atom. The second-order valence-corrected chi connectivity index (χ2v) is 3.26. The number of hydrogen-bond donors (Lipinski definition) is 0. The molecule has 0 unspecified atom stereocenters. The van der Waals surface area contributed by atoms with Crippen LogP contribution in [-0.2, 0) is 0 Å². The Labute approximate surface area is 86.7 Å². The summed E-state index contributed by atoms with van der Waals surface area (Å²) >= 11 is 0. The molecule has 0 aliphatic rings. The number of methoxy groups -OCH3 is 1.